The van der Waals surface area contributed by atoms with Gasteiger partial charge in [0, 0.05) is 16.6 Å². The molecule has 0 radical (unpaired) electrons. The molecule has 1 unspecified atom stereocenters. The summed E-state index contributed by atoms with van der Waals surface area (Å²) in [6, 6.07) is 15.8. The standard InChI is InChI=1S/C19H17N3O2S/c20-12-13-8-10-14(11-9-13)25(23,24)22-18-7-3-5-16-15-4-1-2-6-17(15)21-19(16)18/h1-2,4,6,8-11,18,21-22H,3,5,7H2. The number of para-hydroxylation sites is 1. The van der Waals surface area contributed by atoms with Gasteiger partial charge in [0.25, 0.3) is 0 Å². The predicted octanol–water partition coefficient (Wildman–Crippen LogP) is 3.40. The molecule has 0 aliphatic heterocycles. The first-order valence-corrected chi connectivity index (χ1v) is 9.69. The normalized spacial score (nSPS) is 17.2. The number of fused-ring (bicyclic) bond motifs is 3. The molecule has 5 nitrogen and oxygen atoms in total. The second kappa shape index (κ2) is 6.03. The summed E-state index contributed by atoms with van der Waals surface area (Å²) >= 11 is 0. The summed E-state index contributed by atoms with van der Waals surface area (Å²) in [6.07, 6.45) is 2.65. The van der Waals surface area contributed by atoms with Gasteiger partial charge in [0.05, 0.1) is 22.6 Å². The topological polar surface area (TPSA) is 85.8 Å². The van der Waals surface area contributed by atoms with E-state index in [0.717, 1.165) is 30.5 Å². The number of H-pyrrole nitrogens is 1. The Bertz CT molecular complexity index is 1080. The number of nitriles is 1. The van der Waals surface area contributed by atoms with Crippen molar-refractivity contribution in [2.75, 3.05) is 0 Å². The van der Waals surface area contributed by atoms with E-state index in [1.807, 2.05) is 24.3 Å². The summed E-state index contributed by atoms with van der Waals surface area (Å²) < 4.78 is 28.3. The Morgan fingerprint density at radius 1 is 1.12 bits per heavy atom. The molecule has 0 saturated heterocycles. The summed E-state index contributed by atoms with van der Waals surface area (Å²) in [5, 5.41) is 10.0. The maximum Gasteiger partial charge on any atom is 0.241 e. The maximum atomic E-state index is 12.7. The van der Waals surface area contributed by atoms with E-state index >= 15 is 0 Å². The number of rotatable bonds is 3. The molecular formula is C19H17N3O2S. The first kappa shape index (κ1) is 15.9. The third-order valence-corrected chi connectivity index (χ3v) is 6.19. The van der Waals surface area contributed by atoms with Crippen molar-refractivity contribution in [1.29, 1.82) is 5.26 Å². The van der Waals surface area contributed by atoms with Crippen LogP contribution in [-0.4, -0.2) is 13.4 Å². The van der Waals surface area contributed by atoms with Crippen LogP contribution in [0.1, 0.15) is 35.7 Å². The molecule has 4 rings (SSSR count). The van der Waals surface area contributed by atoms with E-state index < -0.39 is 10.0 Å². The number of aromatic nitrogens is 1. The molecule has 6 heteroatoms. The summed E-state index contributed by atoms with van der Waals surface area (Å²) in [5.41, 5.74) is 3.64. The van der Waals surface area contributed by atoms with Gasteiger partial charge in [-0.15, -0.1) is 0 Å². The van der Waals surface area contributed by atoms with Crippen LogP contribution in [0.5, 0.6) is 0 Å². The van der Waals surface area contributed by atoms with Crippen molar-refractivity contribution < 1.29 is 8.42 Å². The van der Waals surface area contributed by atoms with Gasteiger partial charge in [0.2, 0.25) is 10.0 Å². The molecule has 0 saturated carbocycles. The van der Waals surface area contributed by atoms with Gasteiger partial charge in [-0.2, -0.15) is 5.26 Å². The zero-order chi connectivity index (χ0) is 17.4. The zero-order valence-corrected chi connectivity index (χ0v) is 14.3. The van der Waals surface area contributed by atoms with Crippen molar-refractivity contribution >= 4 is 20.9 Å². The molecule has 0 amide bonds. The highest BCUT2D eigenvalue weighted by Gasteiger charge is 2.28. The van der Waals surface area contributed by atoms with Crippen LogP contribution in [0.4, 0.5) is 0 Å². The molecule has 0 bridgehead atoms. The van der Waals surface area contributed by atoms with Crippen molar-refractivity contribution in [2.24, 2.45) is 0 Å². The fraction of sp³-hybridized carbons (Fsp3) is 0.211. The molecule has 0 spiro atoms. The van der Waals surface area contributed by atoms with Gasteiger partial charge in [-0.05, 0) is 55.2 Å². The Labute approximate surface area is 146 Å². The van der Waals surface area contributed by atoms with E-state index in [1.54, 1.807) is 0 Å². The maximum absolute atomic E-state index is 12.7. The molecule has 1 aromatic heterocycles. The molecule has 2 aromatic carbocycles. The van der Waals surface area contributed by atoms with Gasteiger partial charge in [-0.25, -0.2) is 13.1 Å². The fourth-order valence-corrected chi connectivity index (χ4v) is 4.74. The zero-order valence-electron chi connectivity index (χ0n) is 13.5. The first-order valence-electron chi connectivity index (χ1n) is 8.20. The van der Waals surface area contributed by atoms with Crippen molar-refractivity contribution in [1.82, 2.24) is 9.71 Å². The number of sulfonamides is 1. The van der Waals surface area contributed by atoms with E-state index in [2.05, 4.69) is 15.8 Å². The van der Waals surface area contributed by atoms with E-state index in [0.29, 0.717) is 5.56 Å². The largest absolute Gasteiger partial charge is 0.357 e. The number of hydrogen-bond acceptors (Lipinski definition) is 3. The summed E-state index contributed by atoms with van der Waals surface area (Å²) in [7, 11) is -3.64. The quantitative estimate of drug-likeness (QED) is 0.758. The lowest BCUT2D eigenvalue weighted by Crippen LogP contribution is -2.31. The Morgan fingerprint density at radius 3 is 2.64 bits per heavy atom. The highest BCUT2D eigenvalue weighted by molar-refractivity contribution is 7.89. The van der Waals surface area contributed by atoms with Gasteiger partial charge in [-0.1, -0.05) is 18.2 Å². The number of hydrogen-bond donors (Lipinski definition) is 2. The van der Waals surface area contributed by atoms with Gasteiger partial charge in [-0.3, -0.25) is 0 Å². The molecule has 2 N–H and O–H groups in total. The van der Waals surface area contributed by atoms with Crippen molar-refractivity contribution in [2.45, 2.75) is 30.2 Å². The number of nitrogens with one attached hydrogen (secondary N) is 2. The van der Waals surface area contributed by atoms with Gasteiger partial charge < -0.3 is 4.98 Å². The van der Waals surface area contributed by atoms with Crippen LogP contribution in [-0.2, 0) is 16.4 Å². The number of aryl methyl sites for hydroxylation is 1. The molecule has 1 heterocycles. The van der Waals surface area contributed by atoms with Crippen LogP contribution in [0, 0.1) is 11.3 Å². The van der Waals surface area contributed by atoms with E-state index in [1.165, 1.54) is 35.2 Å². The van der Waals surface area contributed by atoms with E-state index in [4.69, 9.17) is 5.26 Å². The Kier molecular flexibility index (Phi) is 3.83. The summed E-state index contributed by atoms with van der Waals surface area (Å²) in [6.45, 7) is 0. The van der Waals surface area contributed by atoms with Crippen molar-refractivity contribution in [3.05, 3.63) is 65.4 Å². The number of aromatic amines is 1. The Morgan fingerprint density at radius 2 is 1.88 bits per heavy atom. The van der Waals surface area contributed by atoms with E-state index in [-0.39, 0.29) is 10.9 Å². The van der Waals surface area contributed by atoms with E-state index in [9.17, 15) is 8.42 Å². The summed E-state index contributed by atoms with van der Waals surface area (Å²) in [5.74, 6) is 0. The average molecular weight is 351 g/mol. The molecule has 3 aromatic rings. The molecule has 25 heavy (non-hydrogen) atoms. The fourth-order valence-electron chi connectivity index (χ4n) is 3.50. The van der Waals surface area contributed by atoms with Crippen LogP contribution in [0.2, 0.25) is 0 Å². The Hall–Kier alpha value is -2.62. The van der Waals surface area contributed by atoms with Crippen molar-refractivity contribution in [3.8, 4) is 6.07 Å². The molecule has 1 aliphatic carbocycles. The second-order valence-electron chi connectivity index (χ2n) is 6.27. The lowest BCUT2D eigenvalue weighted by atomic mass is 9.92. The van der Waals surface area contributed by atoms with Gasteiger partial charge in [0.15, 0.2) is 0 Å². The van der Waals surface area contributed by atoms with Crippen molar-refractivity contribution in [3.63, 3.8) is 0 Å². The second-order valence-corrected chi connectivity index (χ2v) is 7.98. The Balaban J connectivity index is 1.68. The van der Waals surface area contributed by atoms with Crippen LogP contribution in [0.15, 0.2) is 53.4 Å². The predicted molar refractivity (Wildman–Crippen MR) is 95.5 cm³/mol. The molecule has 126 valence electrons. The smallest absolute Gasteiger partial charge is 0.241 e. The lowest BCUT2D eigenvalue weighted by molar-refractivity contribution is 0.501. The highest BCUT2D eigenvalue weighted by atomic mass is 32.2. The number of benzene rings is 2. The average Bonchev–Trinajstić information content (AvgIpc) is 3.01. The molecule has 1 aliphatic rings. The third kappa shape index (κ3) is 2.82. The van der Waals surface area contributed by atoms with Crippen LogP contribution in [0.3, 0.4) is 0 Å². The first-order chi connectivity index (χ1) is 12.1. The lowest BCUT2D eigenvalue weighted by Gasteiger charge is -2.23. The monoisotopic (exact) mass is 351 g/mol. The highest BCUT2D eigenvalue weighted by Crippen LogP contribution is 2.35. The third-order valence-electron chi connectivity index (χ3n) is 4.71. The SMILES string of the molecule is N#Cc1ccc(S(=O)(=O)NC2CCCc3c2[nH]c2ccccc32)cc1. The minimum atomic E-state index is -3.64. The minimum Gasteiger partial charge on any atom is -0.357 e. The molecular weight excluding hydrogens is 334 g/mol. The van der Waals surface area contributed by atoms with Gasteiger partial charge in [0.1, 0.15) is 0 Å². The van der Waals surface area contributed by atoms with Crippen LogP contribution < -0.4 is 4.72 Å². The number of nitrogens with zero attached hydrogens (tertiary/aromatic N) is 1. The van der Waals surface area contributed by atoms with Crippen LogP contribution >= 0.6 is 0 Å². The summed E-state index contributed by atoms with van der Waals surface area (Å²) in [4.78, 5) is 3.56. The molecule has 0 fully saturated rings. The van der Waals surface area contributed by atoms with Crippen LogP contribution in [0.25, 0.3) is 10.9 Å². The minimum absolute atomic E-state index is 0.176. The van der Waals surface area contributed by atoms with Gasteiger partial charge >= 0.3 is 0 Å². The molecule has 1 atom stereocenters.